The predicted molar refractivity (Wildman–Crippen MR) is 207 cm³/mol. The van der Waals surface area contributed by atoms with E-state index in [1.54, 1.807) is 6.08 Å². The second-order valence-corrected chi connectivity index (χ2v) is 15.1. The number of aliphatic hydroxyl groups is 5. The van der Waals surface area contributed by atoms with Crippen molar-refractivity contribution in [2.75, 3.05) is 13.2 Å². The van der Waals surface area contributed by atoms with Gasteiger partial charge < -0.3 is 40.3 Å². The summed E-state index contributed by atoms with van der Waals surface area (Å²) >= 11 is 0. The first kappa shape index (κ1) is 48.0. The average Bonchev–Trinajstić information content (AvgIpc) is 3.13. The molecule has 6 N–H and O–H groups in total. The van der Waals surface area contributed by atoms with Crippen molar-refractivity contribution < 1.29 is 39.8 Å². The van der Waals surface area contributed by atoms with Crippen LogP contribution in [0.1, 0.15) is 194 Å². The summed E-state index contributed by atoms with van der Waals surface area (Å²) in [5, 5.41) is 54.0. The number of ether oxygens (including phenoxy) is 2. The van der Waals surface area contributed by atoms with Gasteiger partial charge in [-0.2, -0.15) is 0 Å². The molecule has 1 heterocycles. The number of rotatable bonds is 35. The number of allylic oxidation sites excluding steroid dienone is 1. The van der Waals surface area contributed by atoms with E-state index in [9.17, 15) is 30.3 Å². The lowest BCUT2D eigenvalue weighted by Crippen LogP contribution is -2.60. The number of amides is 1. The fourth-order valence-electron chi connectivity index (χ4n) is 6.86. The molecule has 0 aromatic heterocycles. The third kappa shape index (κ3) is 24.8. The van der Waals surface area contributed by atoms with Crippen LogP contribution in [-0.2, 0) is 14.3 Å². The molecule has 51 heavy (non-hydrogen) atoms. The number of hydrogen-bond donors (Lipinski definition) is 6. The highest BCUT2D eigenvalue weighted by molar-refractivity contribution is 5.76. The molecule has 7 atom stereocenters. The Bertz CT molecular complexity index is 812. The molecule has 0 bridgehead atoms. The minimum atomic E-state index is -1.56. The van der Waals surface area contributed by atoms with Crippen LogP contribution in [0.15, 0.2) is 12.2 Å². The summed E-state index contributed by atoms with van der Waals surface area (Å²) in [6.45, 7) is 3.76. The third-order valence-corrected chi connectivity index (χ3v) is 10.4. The minimum absolute atomic E-state index is 0.176. The van der Waals surface area contributed by atoms with Crippen molar-refractivity contribution in [3.63, 3.8) is 0 Å². The van der Waals surface area contributed by atoms with E-state index in [2.05, 4.69) is 19.2 Å². The maximum atomic E-state index is 12.9. The number of unbranched alkanes of at least 4 members (excludes halogenated alkanes) is 25. The van der Waals surface area contributed by atoms with Crippen LogP contribution < -0.4 is 5.32 Å². The van der Waals surface area contributed by atoms with Gasteiger partial charge in [0.2, 0.25) is 5.91 Å². The smallest absolute Gasteiger partial charge is 0.220 e. The van der Waals surface area contributed by atoms with Gasteiger partial charge in [0.25, 0.3) is 0 Å². The van der Waals surface area contributed by atoms with Gasteiger partial charge in [0.05, 0.1) is 25.4 Å². The van der Waals surface area contributed by atoms with Crippen molar-refractivity contribution in [2.45, 2.75) is 236 Å². The Balaban J connectivity index is 2.39. The van der Waals surface area contributed by atoms with Crippen LogP contribution in [0.3, 0.4) is 0 Å². The highest BCUT2D eigenvalue weighted by Crippen LogP contribution is 2.22. The molecule has 0 radical (unpaired) electrons. The maximum Gasteiger partial charge on any atom is 0.220 e. The zero-order chi connectivity index (χ0) is 37.4. The largest absolute Gasteiger partial charge is 0.394 e. The topological polar surface area (TPSA) is 149 Å². The summed E-state index contributed by atoms with van der Waals surface area (Å²) in [6.07, 6.45) is 29.6. The Labute approximate surface area is 312 Å². The first-order valence-electron chi connectivity index (χ1n) is 21.4. The standard InChI is InChI=1S/C42H81NO8/c1-3-5-7-9-11-13-15-17-18-20-22-24-26-28-30-32-38(46)43-35(34-50-42-41(49)40(48)39(47)37(33-44)51-42)36(45)31-29-27-25-23-21-19-16-14-12-10-8-6-4-2/h29,31,35-37,39-42,44-45,47-49H,3-28,30,32-34H2,1-2H3,(H,43,46)/b31-29+/t35-,36+,37-,39+,40+,41-,42-/m1/s1. The van der Waals surface area contributed by atoms with Crippen LogP contribution in [-0.4, -0.2) is 87.5 Å². The lowest BCUT2D eigenvalue weighted by molar-refractivity contribution is -0.302. The molecule has 0 unspecified atom stereocenters. The fraction of sp³-hybridized carbons (Fsp3) is 0.929. The fourth-order valence-corrected chi connectivity index (χ4v) is 6.86. The number of aliphatic hydroxyl groups excluding tert-OH is 5. The van der Waals surface area contributed by atoms with E-state index < -0.39 is 49.5 Å². The van der Waals surface area contributed by atoms with Gasteiger partial charge in [0.15, 0.2) is 6.29 Å². The molecule has 0 saturated carbocycles. The first-order valence-corrected chi connectivity index (χ1v) is 21.4. The summed E-state index contributed by atoms with van der Waals surface area (Å²) in [6, 6.07) is -0.796. The van der Waals surface area contributed by atoms with Crippen molar-refractivity contribution >= 4 is 5.91 Å². The van der Waals surface area contributed by atoms with Crippen LogP contribution in [0, 0.1) is 0 Å². The molecule has 1 amide bonds. The summed E-state index contributed by atoms with van der Waals surface area (Å²) in [7, 11) is 0. The van der Waals surface area contributed by atoms with E-state index in [0.29, 0.717) is 6.42 Å². The lowest BCUT2D eigenvalue weighted by atomic mass is 9.99. The van der Waals surface area contributed by atoms with Crippen LogP contribution >= 0.6 is 0 Å². The van der Waals surface area contributed by atoms with E-state index >= 15 is 0 Å². The highest BCUT2D eigenvalue weighted by Gasteiger charge is 2.44. The van der Waals surface area contributed by atoms with E-state index in [-0.39, 0.29) is 12.5 Å². The monoisotopic (exact) mass is 728 g/mol. The second-order valence-electron chi connectivity index (χ2n) is 15.1. The van der Waals surface area contributed by atoms with Gasteiger partial charge in [0.1, 0.15) is 24.4 Å². The molecule has 0 spiro atoms. The van der Waals surface area contributed by atoms with Crippen molar-refractivity contribution in [1.82, 2.24) is 5.32 Å². The molecule has 1 rings (SSSR count). The summed E-state index contributed by atoms with van der Waals surface area (Å²) in [5.74, 6) is -0.176. The molecule has 0 aliphatic carbocycles. The normalized spacial score (nSPS) is 22.1. The Morgan fingerprint density at radius 3 is 1.53 bits per heavy atom. The average molecular weight is 728 g/mol. The van der Waals surface area contributed by atoms with Crippen molar-refractivity contribution in [3.05, 3.63) is 12.2 Å². The molecule has 9 heteroatoms. The van der Waals surface area contributed by atoms with E-state index in [4.69, 9.17) is 9.47 Å². The molecular formula is C42H81NO8. The number of hydrogen-bond acceptors (Lipinski definition) is 8. The number of carbonyl (C=O) groups excluding carboxylic acids is 1. The van der Waals surface area contributed by atoms with Crippen LogP contribution in [0.25, 0.3) is 0 Å². The van der Waals surface area contributed by atoms with Crippen LogP contribution in [0.5, 0.6) is 0 Å². The molecule has 9 nitrogen and oxygen atoms in total. The van der Waals surface area contributed by atoms with Crippen molar-refractivity contribution in [1.29, 1.82) is 0 Å². The van der Waals surface area contributed by atoms with Crippen molar-refractivity contribution in [3.8, 4) is 0 Å². The second kappa shape index (κ2) is 33.5. The SMILES string of the molecule is CCCCCCCCCCCCC/C=C/[C@H](O)[C@@H](CO[C@@H]1O[C@H](CO)[C@H](O)[C@H](O)[C@H]1O)NC(=O)CCCCCCCCCCCCCCCCC. The predicted octanol–water partition coefficient (Wildman–Crippen LogP) is 8.17. The zero-order valence-corrected chi connectivity index (χ0v) is 32.9. The zero-order valence-electron chi connectivity index (χ0n) is 32.9. The van der Waals surface area contributed by atoms with Gasteiger partial charge in [-0.3, -0.25) is 4.79 Å². The Kier molecular flexibility index (Phi) is 31.5. The van der Waals surface area contributed by atoms with Gasteiger partial charge in [-0.15, -0.1) is 0 Å². The molecular weight excluding hydrogens is 646 g/mol. The molecule has 302 valence electrons. The molecule has 1 saturated heterocycles. The Hall–Kier alpha value is -1.07. The maximum absolute atomic E-state index is 12.9. The quantitative estimate of drug-likeness (QED) is 0.0283. The van der Waals surface area contributed by atoms with E-state index in [1.807, 2.05) is 6.08 Å². The van der Waals surface area contributed by atoms with Gasteiger partial charge >= 0.3 is 0 Å². The van der Waals surface area contributed by atoms with E-state index in [1.165, 1.54) is 135 Å². The molecule has 0 aromatic rings. The molecule has 0 aromatic carbocycles. The van der Waals surface area contributed by atoms with E-state index in [0.717, 1.165) is 38.5 Å². The van der Waals surface area contributed by atoms with Crippen LogP contribution in [0.2, 0.25) is 0 Å². The number of nitrogens with one attached hydrogen (secondary N) is 1. The number of carbonyl (C=O) groups is 1. The van der Waals surface area contributed by atoms with Gasteiger partial charge in [-0.05, 0) is 19.3 Å². The minimum Gasteiger partial charge on any atom is -0.394 e. The van der Waals surface area contributed by atoms with Crippen LogP contribution in [0.4, 0.5) is 0 Å². The molecule has 1 fully saturated rings. The van der Waals surface area contributed by atoms with Crippen molar-refractivity contribution in [2.24, 2.45) is 0 Å². The molecule has 1 aliphatic rings. The first-order chi connectivity index (χ1) is 24.8. The third-order valence-electron chi connectivity index (χ3n) is 10.4. The highest BCUT2D eigenvalue weighted by atomic mass is 16.7. The van der Waals surface area contributed by atoms with Gasteiger partial charge in [0, 0.05) is 6.42 Å². The Morgan fingerprint density at radius 1 is 0.647 bits per heavy atom. The van der Waals surface area contributed by atoms with Gasteiger partial charge in [-0.1, -0.05) is 180 Å². The van der Waals surface area contributed by atoms with Gasteiger partial charge in [-0.25, -0.2) is 0 Å². The molecule has 1 aliphatic heterocycles. The summed E-state index contributed by atoms with van der Waals surface area (Å²) in [4.78, 5) is 12.9. The summed E-state index contributed by atoms with van der Waals surface area (Å²) < 4.78 is 11.2. The summed E-state index contributed by atoms with van der Waals surface area (Å²) in [5.41, 5.74) is 0. The lowest BCUT2D eigenvalue weighted by Gasteiger charge is -2.40. The Morgan fingerprint density at radius 2 is 1.08 bits per heavy atom.